The Bertz CT molecular complexity index is 3750. The third-order valence-electron chi connectivity index (χ3n) is 12.8. The van der Waals surface area contributed by atoms with Crippen LogP contribution in [0.5, 0.6) is 0 Å². The number of rotatable bonds is 7. The van der Waals surface area contributed by atoms with Crippen LogP contribution in [0.3, 0.4) is 0 Å². The Labute approximate surface area is 388 Å². The summed E-state index contributed by atoms with van der Waals surface area (Å²) >= 11 is 0. The predicted octanol–water partition coefficient (Wildman–Crippen LogP) is 15.9. The fourth-order valence-corrected chi connectivity index (χ4v) is 9.76. The first-order valence-electron chi connectivity index (χ1n) is 22.2. The van der Waals surface area contributed by atoms with Gasteiger partial charge in [0.15, 0.2) is 0 Å². The molecule has 8 heteroatoms. The van der Waals surface area contributed by atoms with Gasteiger partial charge in [-0.05, 0) is 72.3 Å². The van der Waals surface area contributed by atoms with Crippen LogP contribution in [0.25, 0.3) is 111 Å². The van der Waals surface area contributed by atoms with E-state index in [4.69, 9.17) is 9.97 Å². The third-order valence-corrected chi connectivity index (χ3v) is 12.8. The number of nitrogens with zero attached hydrogens (tertiary/aromatic N) is 5. The van der Waals surface area contributed by atoms with Gasteiger partial charge in [0.1, 0.15) is 0 Å². The molecule has 12 rings (SSSR count). The van der Waals surface area contributed by atoms with Crippen LogP contribution in [0.15, 0.2) is 218 Å². The molecule has 0 unspecified atom stereocenters. The number of fused-ring (bicyclic) bond motifs is 6. The third kappa shape index (κ3) is 6.79. The van der Waals surface area contributed by atoms with Crippen LogP contribution < -0.4 is 0 Å². The molecule has 0 amide bonds. The van der Waals surface area contributed by atoms with Gasteiger partial charge in [-0.1, -0.05) is 152 Å². The largest absolute Gasteiger partial charge is 0.417 e. The molecule has 0 bridgehead atoms. The Morgan fingerprint density at radius 2 is 0.794 bits per heavy atom. The van der Waals surface area contributed by atoms with E-state index in [-0.39, 0.29) is 11.1 Å². The highest BCUT2D eigenvalue weighted by atomic mass is 19.4. The highest BCUT2D eigenvalue weighted by molar-refractivity contribution is 6.13. The molecule has 4 aromatic heterocycles. The molecule has 0 aliphatic carbocycles. The van der Waals surface area contributed by atoms with E-state index in [0.29, 0.717) is 16.9 Å². The summed E-state index contributed by atoms with van der Waals surface area (Å²) in [6, 6.07) is 71.4. The zero-order chi connectivity index (χ0) is 45.9. The van der Waals surface area contributed by atoms with Gasteiger partial charge in [-0.15, -0.1) is 0 Å². The number of para-hydroxylation sites is 2. The van der Waals surface area contributed by atoms with E-state index in [1.54, 1.807) is 18.2 Å². The Kier molecular flexibility index (Phi) is 9.59. The normalized spacial score (nSPS) is 11.7. The average molecular weight is 884 g/mol. The maximum atomic E-state index is 15.6. The molecule has 8 aromatic carbocycles. The van der Waals surface area contributed by atoms with Gasteiger partial charge < -0.3 is 9.13 Å². The van der Waals surface area contributed by atoms with Gasteiger partial charge in [-0.2, -0.15) is 18.4 Å². The maximum Gasteiger partial charge on any atom is 0.417 e. The lowest BCUT2D eigenvalue weighted by atomic mass is 9.94. The van der Waals surface area contributed by atoms with Crippen molar-refractivity contribution in [2.24, 2.45) is 0 Å². The summed E-state index contributed by atoms with van der Waals surface area (Å²) in [6.45, 7) is 0. The SMILES string of the molecule is N#Cc1cc(-n2c3ccccc3c3ccc(-c4cccc(-c5ccccc5)n4)cc32)c(-c2ccccc2C(F)(F)F)c(-n2c3ccccc3c3ccc(-c4cccc(-c5ccccc5)n4)cc32)c1. The fraction of sp³-hybridized carbons (Fsp3) is 0.0167. The van der Waals surface area contributed by atoms with Gasteiger partial charge in [-0.25, -0.2) is 9.97 Å². The number of hydrogen-bond acceptors (Lipinski definition) is 3. The number of nitriles is 1. The summed E-state index contributed by atoms with van der Waals surface area (Å²) < 4.78 is 50.7. The fourth-order valence-electron chi connectivity index (χ4n) is 9.76. The van der Waals surface area contributed by atoms with E-state index in [1.165, 1.54) is 12.1 Å². The zero-order valence-corrected chi connectivity index (χ0v) is 36.2. The van der Waals surface area contributed by atoms with Crippen molar-refractivity contribution in [2.75, 3.05) is 0 Å². The van der Waals surface area contributed by atoms with Gasteiger partial charge in [0.25, 0.3) is 0 Å². The van der Waals surface area contributed by atoms with Crippen LogP contribution in [0.4, 0.5) is 13.2 Å². The maximum absolute atomic E-state index is 15.6. The predicted molar refractivity (Wildman–Crippen MR) is 268 cm³/mol. The van der Waals surface area contributed by atoms with Crippen molar-refractivity contribution in [1.29, 1.82) is 5.26 Å². The standard InChI is InChI=1S/C60H36F3N5/c61-60(62,63)48-22-10-7-21-47(48)59-57(67-53-27-11-8-19-43(53)45-31-29-41(35-55(45)67)51-25-13-23-49(65-51)39-15-3-1-4-16-39)33-38(37-64)34-58(59)68-54-28-12-9-20-44(54)46-32-30-42(36-56(46)68)52-26-14-24-50(66-52)40-17-5-2-6-18-40/h1-36H. The van der Waals surface area contributed by atoms with Gasteiger partial charge in [0, 0.05) is 49.4 Å². The van der Waals surface area contributed by atoms with E-state index in [9.17, 15) is 5.26 Å². The summed E-state index contributed by atoms with van der Waals surface area (Å²) in [5.41, 5.74) is 10.4. The lowest BCUT2D eigenvalue weighted by Gasteiger charge is -2.23. The lowest BCUT2D eigenvalue weighted by Crippen LogP contribution is -2.11. The second kappa shape index (κ2) is 16.1. The van der Waals surface area contributed by atoms with Crippen LogP contribution in [-0.2, 0) is 6.18 Å². The van der Waals surface area contributed by atoms with Crippen LogP contribution in [0.1, 0.15) is 11.1 Å². The molecule has 0 aliphatic rings. The smallest absolute Gasteiger partial charge is 0.308 e. The molecule has 12 aromatic rings. The molecule has 4 heterocycles. The summed E-state index contributed by atoms with van der Waals surface area (Å²) in [4.78, 5) is 10.2. The molecule has 0 saturated carbocycles. The quantitative estimate of drug-likeness (QED) is 0.160. The monoisotopic (exact) mass is 883 g/mol. The number of pyridine rings is 2. The average Bonchev–Trinajstić information content (AvgIpc) is 3.90. The molecule has 68 heavy (non-hydrogen) atoms. The van der Waals surface area contributed by atoms with Crippen LogP contribution in [0, 0.1) is 11.3 Å². The molecule has 0 atom stereocenters. The minimum absolute atomic E-state index is 0.0203. The molecule has 0 saturated heterocycles. The number of benzene rings is 8. The van der Waals surface area contributed by atoms with Crippen LogP contribution in [-0.4, -0.2) is 19.1 Å². The first kappa shape index (κ1) is 40.4. The minimum atomic E-state index is -4.72. The minimum Gasteiger partial charge on any atom is -0.308 e. The second-order valence-electron chi connectivity index (χ2n) is 16.8. The Hall–Kier alpha value is -9.06. The number of halogens is 3. The number of hydrogen-bond donors (Lipinski definition) is 0. The Morgan fingerprint density at radius 1 is 0.382 bits per heavy atom. The molecule has 0 spiro atoms. The second-order valence-corrected chi connectivity index (χ2v) is 16.8. The molecule has 0 aliphatic heterocycles. The zero-order valence-electron chi connectivity index (χ0n) is 36.2. The van der Waals surface area contributed by atoms with Crippen molar-refractivity contribution >= 4 is 43.6 Å². The van der Waals surface area contributed by atoms with Gasteiger partial charge in [-0.3, -0.25) is 0 Å². The summed E-state index contributed by atoms with van der Waals surface area (Å²) in [5.74, 6) is 0. The van der Waals surface area contributed by atoms with Crippen molar-refractivity contribution in [3.05, 3.63) is 230 Å². The van der Waals surface area contributed by atoms with Crippen molar-refractivity contribution in [3.63, 3.8) is 0 Å². The van der Waals surface area contributed by atoms with E-state index in [1.807, 2.05) is 191 Å². The van der Waals surface area contributed by atoms with Crippen molar-refractivity contribution in [3.8, 4) is 73.6 Å². The van der Waals surface area contributed by atoms with Gasteiger partial charge in [0.05, 0.1) is 73.4 Å². The van der Waals surface area contributed by atoms with Gasteiger partial charge >= 0.3 is 6.18 Å². The van der Waals surface area contributed by atoms with E-state index in [2.05, 4.69) is 6.07 Å². The van der Waals surface area contributed by atoms with Gasteiger partial charge in [0.2, 0.25) is 0 Å². The summed E-state index contributed by atoms with van der Waals surface area (Å²) in [5, 5.41) is 14.6. The molecule has 0 N–H and O–H groups in total. The molecular formula is C60H36F3N5. The topological polar surface area (TPSA) is 59.4 Å². The van der Waals surface area contributed by atoms with Crippen molar-refractivity contribution < 1.29 is 13.2 Å². The van der Waals surface area contributed by atoms with E-state index < -0.39 is 11.7 Å². The molecule has 0 radical (unpaired) electrons. The highest BCUT2D eigenvalue weighted by Gasteiger charge is 2.35. The first-order valence-corrected chi connectivity index (χ1v) is 22.2. The molecular weight excluding hydrogens is 848 g/mol. The summed E-state index contributed by atoms with van der Waals surface area (Å²) in [6.07, 6.45) is -4.72. The van der Waals surface area contributed by atoms with Crippen LogP contribution >= 0.6 is 0 Å². The van der Waals surface area contributed by atoms with E-state index >= 15 is 13.2 Å². The Balaban J connectivity index is 1.18. The lowest BCUT2D eigenvalue weighted by molar-refractivity contribution is -0.137. The first-order chi connectivity index (χ1) is 33.3. The van der Waals surface area contributed by atoms with E-state index in [0.717, 1.165) is 94.7 Å². The van der Waals surface area contributed by atoms with Crippen molar-refractivity contribution in [1.82, 2.24) is 19.1 Å². The van der Waals surface area contributed by atoms with Crippen LogP contribution in [0.2, 0.25) is 0 Å². The highest BCUT2D eigenvalue weighted by Crippen LogP contribution is 2.47. The summed E-state index contributed by atoms with van der Waals surface area (Å²) in [7, 11) is 0. The van der Waals surface area contributed by atoms with Crippen molar-refractivity contribution in [2.45, 2.75) is 6.18 Å². The number of aromatic nitrogens is 4. The Morgan fingerprint density at radius 3 is 1.26 bits per heavy atom. The molecule has 5 nitrogen and oxygen atoms in total. The molecule has 0 fully saturated rings. The molecule has 322 valence electrons. The number of alkyl halides is 3.